The van der Waals surface area contributed by atoms with Gasteiger partial charge in [-0.05, 0) is 43.4 Å². The highest BCUT2D eigenvalue weighted by molar-refractivity contribution is 7.51. The number of nitrogens with one attached hydrogen (secondary N) is 1. The van der Waals surface area contributed by atoms with Crippen molar-refractivity contribution >= 4 is 23.3 Å². The zero-order valence-electron chi connectivity index (χ0n) is 8.16. The average Bonchev–Trinajstić information content (AvgIpc) is 2.13. The van der Waals surface area contributed by atoms with E-state index >= 15 is 0 Å². The summed E-state index contributed by atoms with van der Waals surface area (Å²) in [4.78, 5) is 2.51. The lowest BCUT2D eigenvalue weighted by atomic mass is 9.80. The molecule has 84 valence electrons. The molecule has 0 unspecified atom stereocenters. The van der Waals surface area contributed by atoms with Crippen LogP contribution in [0.2, 0.25) is 0 Å². The molecule has 1 aliphatic carbocycles. The van der Waals surface area contributed by atoms with Crippen molar-refractivity contribution in [2.75, 3.05) is 6.54 Å². The van der Waals surface area contributed by atoms with E-state index in [4.69, 9.17) is 20.2 Å². The molecule has 1 saturated carbocycles. The summed E-state index contributed by atoms with van der Waals surface area (Å²) in [7, 11) is 0. The zero-order chi connectivity index (χ0) is 11.0. The molecule has 14 heavy (non-hydrogen) atoms. The lowest BCUT2D eigenvalue weighted by molar-refractivity contribution is -0.00169. The summed E-state index contributed by atoms with van der Waals surface area (Å²) < 4.78 is 16.6. The maximum atomic E-state index is 9.84. The van der Waals surface area contributed by atoms with Gasteiger partial charge in [0.25, 0.3) is 0 Å². The number of halogens is 1. The molecule has 1 rings (SSSR count). The third-order valence-electron chi connectivity index (χ3n) is 2.60. The number of hydrogen-bond acceptors (Lipinski definition) is 4. The van der Waals surface area contributed by atoms with Crippen LogP contribution in [-0.4, -0.2) is 25.7 Å². The van der Waals surface area contributed by atoms with Gasteiger partial charge in [-0.3, -0.25) is 0 Å². The van der Waals surface area contributed by atoms with Crippen LogP contribution in [0.25, 0.3) is 0 Å². The molecule has 1 aliphatic rings. The summed E-state index contributed by atoms with van der Waals surface area (Å²) in [5.74, 6) is 0.769. The van der Waals surface area contributed by atoms with Gasteiger partial charge in [0.15, 0.2) is 0 Å². The number of aliphatic hydroxyl groups is 1. The first-order valence-electron chi connectivity index (χ1n) is 4.55. The Morgan fingerprint density at radius 1 is 1.50 bits per heavy atom. The van der Waals surface area contributed by atoms with Crippen LogP contribution in [0.3, 0.4) is 0 Å². The Labute approximate surface area is 92.7 Å². The van der Waals surface area contributed by atoms with E-state index in [0.29, 0.717) is 6.54 Å². The van der Waals surface area contributed by atoms with Crippen LogP contribution in [0.15, 0.2) is 0 Å². The van der Waals surface area contributed by atoms with E-state index < -0.39 is 17.2 Å². The fourth-order valence-electron chi connectivity index (χ4n) is 1.60. The Morgan fingerprint density at radius 2 is 1.93 bits per heavy atom. The van der Waals surface area contributed by atoms with Crippen LogP contribution < -0.4 is 4.84 Å². The first-order chi connectivity index (χ1) is 6.58. The van der Waals surface area contributed by atoms with Gasteiger partial charge >= 0.3 is 11.6 Å². The molecule has 0 spiro atoms. The predicted octanol–water partition coefficient (Wildman–Crippen LogP) is 1.00. The van der Waals surface area contributed by atoms with Crippen molar-refractivity contribution in [2.45, 2.75) is 38.2 Å². The molecule has 0 radical (unpaired) electrons. The van der Waals surface area contributed by atoms with Crippen molar-refractivity contribution in [2.24, 2.45) is 5.92 Å². The number of rotatable bonds is 2. The lowest BCUT2D eigenvalue weighted by Crippen LogP contribution is -2.40. The van der Waals surface area contributed by atoms with Crippen LogP contribution in [0, 0.1) is 5.92 Å². The summed E-state index contributed by atoms with van der Waals surface area (Å²) in [6.45, 7) is 2.75. The molecule has 0 saturated heterocycles. The molecule has 0 amide bonds. The Kier molecular flexibility index (Phi) is 7.35. The monoisotopic (exact) mass is 241 g/mol. The van der Waals surface area contributed by atoms with Crippen molar-refractivity contribution in [3.05, 3.63) is 0 Å². The molecule has 0 aromatic heterocycles. The van der Waals surface area contributed by atoms with E-state index in [2.05, 4.69) is 11.8 Å². The standard InChI is InChI=1S/C8H16ClNO.O2S/c1-7-2-4-8(11,5-3-7)6-10-9;1-3-2/h7,10-11H,2-6H2,1H3;. The molecule has 0 atom stereocenters. The molecule has 0 aromatic rings. The van der Waals surface area contributed by atoms with Crippen molar-refractivity contribution in [1.29, 1.82) is 0 Å². The Bertz CT molecular complexity index is 189. The second-order valence-corrected chi connectivity index (χ2v) is 4.19. The molecule has 2 N–H and O–H groups in total. The summed E-state index contributed by atoms with van der Waals surface area (Å²) in [5.41, 5.74) is -0.533. The van der Waals surface area contributed by atoms with E-state index in [1.807, 2.05) is 0 Å². The molecular formula is C8H16ClNO3S. The molecule has 4 nitrogen and oxygen atoms in total. The SMILES string of the molecule is CC1CCC(O)(CNCl)CC1.O=S=O. The van der Waals surface area contributed by atoms with Gasteiger partial charge in [-0.15, -0.1) is 0 Å². The first-order valence-corrected chi connectivity index (χ1v) is 5.60. The highest BCUT2D eigenvalue weighted by Gasteiger charge is 2.30. The molecule has 0 heterocycles. The third kappa shape index (κ3) is 5.70. The van der Waals surface area contributed by atoms with Gasteiger partial charge in [0.1, 0.15) is 0 Å². The summed E-state index contributed by atoms with van der Waals surface area (Å²) in [6, 6.07) is 0. The Hall–Kier alpha value is 0.0300. The van der Waals surface area contributed by atoms with E-state index in [9.17, 15) is 5.11 Å². The van der Waals surface area contributed by atoms with Crippen molar-refractivity contribution in [3.8, 4) is 0 Å². The first kappa shape index (κ1) is 14.0. The largest absolute Gasteiger partial charge is 0.389 e. The topological polar surface area (TPSA) is 66.4 Å². The van der Waals surface area contributed by atoms with E-state index in [1.54, 1.807) is 0 Å². The number of hydrogen-bond donors (Lipinski definition) is 2. The minimum Gasteiger partial charge on any atom is -0.389 e. The third-order valence-corrected chi connectivity index (χ3v) is 2.73. The van der Waals surface area contributed by atoms with Gasteiger partial charge in [0.05, 0.1) is 5.60 Å². The van der Waals surface area contributed by atoms with Gasteiger partial charge in [-0.1, -0.05) is 6.92 Å². The van der Waals surface area contributed by atoms with E-state index in [0.717, 1.165) is 31.6 Å². The highest BCUT2D eigenvalue weighted by Crippen LogP contribution is 2.31. The van der Waals surface area contributed by atoms with Gasteiger partial charge < -0.3 is 5.11 Å². The quantitative estimate of drug-likeness (QED) is 0.708. The maximum Gasteiger partial charge on any atom is 0.335 e. The van der Waals surface area contributed by atoms with Gasteiger partial charge in [0.2, 0.25) is 0 Å². The maximum absolute atomic E-state index is 9.84. The molecule has 6 heteroatoms. The molecule has 0 bridgehead atoms. The van der Waals surface area contributed by atoms with Gasteiger partial charge in [-0.2, -0.15) is 8.42 Å². The summed E-state index contributed by atoms with van der Waals surface area (Å²) in [5, 5.41) is 9.84. The Morgan fingerprint density at radius 3 is 2.29 bits per heavy atom. The van der Waals surface area contributed by atoms with E-state index in [1.165, 1.54) is 0 Å². The van der Waals surface area contributed by atoms with Crippen LogP contribution in [0.4, 0.5) is 0 Å². The van der Waals surface area contributed by atoms with Crippen molar-refractivity contribution < 1.29 is 13.5 Å². The minimum atomic E-state index is -0.750. The predicted molar refractivity (Wildman–Crippen MR) is 55.4 cm³/mol. The summed E-state index contributed by atoms with van der Waals surface area (Å²) in [6.07, 6.45) is 4.01. The highest BCUT2D eigenvalue weighted by atomic mass is 35.5. The smallest absolute Gasteiger partial charge is 0.335 e. The van der Waals surface area contributed by atoms with Gasteiger partial charge in [-0.25, -0.2) is 4.84 Å². The molecule has 1 fully saturated rings. The normalized spacial score (nSPS) is 31.5. The van der Waals surface area contributed by atoms with Gasteiger partial charge in [0, 0.05) is 6.54 Å². The van der Waals surface area contributed by atoms with Crippen LogP contribution in [0.1, 0.15) is 32.6 Å². The molecular weight excluding hydrogens is 226 g/mol. The molecule has 0 aliphatic heterocycles. The second-order valence-electron chi connectivity index (χ2n) is 3.79. The Balaban J connectivity index is 0.000000500. The summed E-state index contributed by atoms with van der Waals surface area (Å²) >= 11 is 4.60. The fourth-order valence-corrected chi connectivity index (χ4v) is 1.85. The average molecular weight is 242 g/mol. The van der Waals surface area contributed by atoms with Crippen LogP contribution >= 0.6 is 11.8 Å². The van der Waals surface area contributed by atoms with Crippen molar-refractivity contribution in [3.63, 3.8) is 0 Å². The van der Waals surface area contributed by atoms with Crippen LogP contribution in [-0.2, 0) is 11.6 Å². The lowest BCUT2D eigenvalue weighted by Gasteiger charge is -2.34. The fraction of sp³-hybridized carbons (Fsp3) is 1.00. The van der Waals surface area contributed by atoms with E-state index in [-0.39, 0.29) is 0 Å². The minimum absolute atomic E-state index is 0.515. The second kappa shape index (κ2) is 7.34. The molecule has 0 aromatic carbocycles. The zero-order valence-corrected chi connectivity index (χ0v) is 9.74. The van der Waals surface area contributed by atoms with Crippen molar-refractivity contribution in [1.82, 2.24) is 4.84 Å². The van der Waals surface area contributed by atoms with Crippen LogP contribution in [0.5, 0.6) is 0 Å².